The van der Waals surface area contributed by atoms with Crippen molar-refractivity contribution in [2.75, 3.05) is 19.1 Å². The number of methoxy groups -OCH3 is 1. The molecule has 0 aliphatic carbocycles. The summed E-state index contributed by atoms with van der Waals surface area (Å²) in [4.78, 5) is 27.6. The van der Waals surface area contributed by atoms with Gasteiger partial charge in [-0.05, 0) is 24.6 Å². The molecule has 0 aliphatic rings. The lowest BCUT2D eigenvalue weighted by Gasteiger charge is -2.20. The molecule has 0 saturated carbocycles. The normalized spacial score (nSPS) is 10.8. The van der Waals surface area contributed by atoms with Crippen molar-refractivity contribution in [1.29, 1.82) is 0 Å². The van der Waals surface area contributed by atoms with Gasteiger partial charge in [-0.15, -0.1) is 0 Å². The maximum atomic E-state index is 13.3. The van der Waals surface area contributed by atoms with Gasteiger partial charge in [0.2, 0.25) is 0 Å². The topological polar surface area (TPSA) is 64.4 Å². The van der Waals surface area contributed by atoms with Crippen LogP contribution >= 0.6 is 0 Å². The summed E-state index contributed by atoms with van der Waals surface area (Å²) in [6, 6.07) is 14.4. The van der Waals surface area contributed by atoms with Gasteiger partial charge in [-0.2, -0.15) is 5.10 Å². The number of rotatable bonds is 7. The van der Waals surface area contributed by atoms with Crippen molar-refractivity contribution >= 4 is 22.4 Å². The predicted octanol–water partition coefficient (Wildman–Crippen LogP) is 3.87. The number of carbonyl (C=O) groups excluding carboxylic acids is 1. The van der Waals surface area contributed by atoms with Gasteiger partial charge in [0, 0.05) is 19.0 Å². The molecule has 6 nitrogen and oxygen atoms in total. The molecule has 146 valence electrons. The van der Waals surface area contributed by atoms with Gasteiger partial charge in [0.05, 0.1) is 18.2 Å². The number of carbonyl (C=O) groups is 1. The Morgan fingerprint density at radius 2 is 1.75 bits per heavy atom. The van der Waals surface area contributed by atoms with Gasteiger partial charge in [-0.3, -0.25) is 9.59 Å². The van der Waals surface area contributed by atoms with Crippen LogP contribution in [0.5, 0.6) is 5.75 Å². The molecule has 0 unspecified atom stereocenters. The first-order valence-electron chi connectivity index (χ1n) is 9.49. The molecule has 1 heterocycles. The van der Waals surface area contributed by atoms with E-state index in [0.717, 1.165) is 19.3 Å². The SMILES string of the molecule is CCCCCn1nc(C(=O)N(C)c2ccccc2OC)c2ccccc2c1=O. The van der Waals surface area contributed by atoms with E-state index in [1.54, 1.807) is 38.4 Å². The molecule has 3 aromatic rings. The van der Waals surface area contributed by atoms with E-state index >= 15 is 0 Å². The van der Waals surface area contributed by atoms with E-state index in [4.69, 9.17) is 4.74 Å². The van der Waals surface area contributed by atoms with Gasteiger partial charge >= 0.3 is 0 Å². The van der Waals surface area contributed by atoms with Gasteiger partial charge in [-0.1, -0.05) is 50.1 Å². The van der Waals surface area contributed by atoms with Crippen molar-refractivity contribution in [2.45, 2.75) is 32.7 Å². The molecule has 0 atom stereocenters. The highest BCUT2D eigenvalue weighted by atomic mass is 16.5. The average molecular weight is 379 g/mol. The highest BCUT2D eigenvalue weighted by molar-refractivity contribution is 6.12. The molecule has 3 rings (SSSR count). The summed E-state index contributed by atoms with van der Waals surface area (Å²) >= 11 is 0. The number of aryl methyl sites for hydroxylation is 1. The molecule has 0 fully saturated rings. The fraction of sp³-hybridized carbons (Fsp3) is 0.318. The second-order valence-corrected chi connectivity index (χ2v) is 6.67. The Kier molecular flexibility index (Phi) is 6.09. The molecule has 1 aromatic heterocycles. The minimum absolute atomic E-state index is 0.164. The Bertz CT molecular complexity index is 1040. The Labute approximate surface area is 164 Å². The lowest BCUT2D eigenvalue weighted by Crippen LogP contribution is -2.32. The number of unbranched alkanes of at least 4 members (excludes halogenated alkanes) is 2. The van der Waals surface area contributed by atoms with Gasteiger partial charge in [-0.25, -0.2) is 4.68 Å². The molecule has 6 heteroatoms. The summed E-state index contributed by atoms with van der Waals surface area (Å²) in [6.45, 7) is 2.60. The molecule has 1 amide bonds. The summed E-state index contributed by atoms with van der Waals surface area (Å²) in [6.07, 6.45) is 2.90. The van der Waals surface area contributed by atoms with Crippen LogP contribution in [0.2, 0.25) is 0 Å². The molecular formula is C22H25N3O3. The molecule has 0 spiro atoms. The maximum absolute atomic E-state index is 13.3. The zero-order valence-corrected chi connectivity index (χ0v) is 16.5. The number of benzene rings is 2. The highest BCUT2D eigenvalue weighted by Gasteiger charge is 2.22. The Hall–Kier alpha value is -3.15. The van der Waals surface area contributed by atoms with Crippen LogP contribution in [0, 0.1) is 0 Å². The number of amides is 1. The Balaban J connectivity index is 2.09. The van der Waals surface area contributed by atoms with Crippen molar-refractivity contribution in [3.63, 3.8) is 0 Å². The summed E-state index contributed by atoms with van der Waals surface area (Å²) in [5, 5.41) is 5.51. The fourth-order valence-corrected chi connectivity index (χ4v) is 3.23. The molecule has 0 saturated heterocycles. The van der Waals surface area contributed by atoms with Crippen molar-refractivity contribution in [2.24, 2.45) is 0 Å². The minimum atomic E-state index is -0.287. The Morgan fingerprint density at radius 1 is 1.07 bits per heavy atom. The lowest BCUT2D eigenvalue weighted by molar-refractivity contribution is 0.0987. The molecule has 2 aromatic carbocycles. The smallest absolute Gasteiger partial charge is 0.279 e. The van der Waals surface area contributed by atoms with E-state index in [0.29, 0.717) is 28.8 Å². The summed E-state index contributed by atoms with van der Waals surface area (Å²) in [5.74, 6) is 0.309. The van der Waals surface area contributed by atoms with Gasteiger partial charge in [0.1, 0.15) is 5.75 Å². The average Bonchev–Trinajstić information content (AvgIpc) is 2.74. The van der Waals surface area contributed by atoms with Crippen LogP contribution < -0.4 is 15.2 Å². The van der Waals surface area contributed by atoms with Crippen LogP contribution in [0.4, 0.5) is 5.69 Å². The fourth-order valence-electron chi connectivity index (χ4n) is 3.23. The zero-order chi connectivity index (χ0) is 20.1. The second kappa shape index (κ2) is 8.69. The quantitative estimate of drug-likeness (QED) is 0.585. The minimum Gasteiger partial charge on any atom is -0.495 e. The zero-order valence-electron chi connectivity index (χ0n) is 16.5. The van der Waals surface area contributed by atoms with Crippen LogP contribution in [0.1, 0.15) is 36.7 Å². The molecular weight excluding hydrogens is 354 g/mol. The van der Waals surface area contributed by atoms with Crippen molar-refractivity contribution in [3.8, 4) is 5.75 Å². The summed E-state index contributed by atoms with van der Waals surface area (Å²) in [7, 11) is 3.25. The van der Waals surface area contributed by atoms with Gasteiger partial charge in [0.25, 0.3) is 11.5 Å². The number of anilines is 1. The summed E-state index contributed by atoms with van der Waals surface area (Å²) < 4.78 is 6.80. The first-order chi connectivity index (χ1) is 13.6. The number of hydrogen-bond donors (Lipinski definition) is 0. The van der Waals surface area contributed by atoms with E-state index in [2.05, 4.69) is 12.0 Å². The first kappa shape index (κ1) is 19.6. The van der Waals surface area contributed by atoms with Crippen molar-refractivity contribution < 1.29 is 9.53 Å². The molecule has 0 aliphatic heterocycles. The van der Waals surface area contributed by atoms with E-state index in [-0.39, 0.29) is 17.2 Å². The summed E-state index contributed by atoms with van der Waals surface area (Å²) in [5.41, 5.74) is 0.743. The van der Waals surface area contributed by atoms with Crippen LogP contribution in [-0.2, 0) is 6.54 Å². The second-order valence-electron chi connectivity index (χ2n) is 6.67. The van der Waals surface area contributed by atoms with Gasteiger partial charge in [0.15, 0.2) is 5.69 Å². The standard InChI is InChI=1S/C22H25N3O3/c1-4-5-10-15-25-21(26)17-12-7-6-11-16(17)20(23-25)22(27)24(2)18-13-8-9-14-19(18)28-3/h6-9,11-14H,4-5,10,15H2,1-3H3. The van der Waals surface area contributed by atoms with Crippen molar-refractivity contribution in [3.05, 3.63) is 64.6 Å². The van der Waals surface area contributed by atoms with Crippen LogP contribution in [0.3, 0.4) is 0 Å². The number of nitrogens with zero attached hydrogens (tertiary/aromatic N) is 3. The van der Waals surface area contributed by atoms with Crippen molar-refractivity contribution in [1.82, 2.24) is 9.78 Å². The third kappa shape index (κ3) is 3.76. The highest BCUT2D eigenvalue weighted by Crippen LogP contribution is 2.28. The number of para-hydroxylation sites is 2. The third-order valence-electron chi connectivity index (χ3n) is 4.79. The molecule has 28 heavy (non-hydrogen) atoms. The van der Waals surface area contributed by atoms with E-state index < -0.39 is 0 Å². The lowest BCUT2D eigenvalue weighted by atomic mass is 10.1. The number of ether oxygens (including phenoxy) is 1. The molecule has 0 radical (unpaired) electrons. The number of aromatic nitrogens is 2. The third-order valence-corrected chi connectivity index (χ3v) is 4.79. The number of fused-ring (bicyclic) bond motifs is 1. The largest absolute Gasteiger partial charge is 0.495 e. The van der Waals surface area contributed by atoms with E-state index in [1.165, 1.54) is 9.58 Å². The van der Waals surface area contributed by atoms with Crippen LogP contribution in [0.25, 0.3) is 10.8 Å². The van der Waals surface area contributed by atoms with Gasteiger partial charge < -0.3 is 9.64 Å². The Morgan fingerprint density at radius 3 is 2.46 bits per heavy atom. The maximum Gasteiger partial charge on any atom is 0.279 e. The van der Waals surface area contributed by atoms with E-state index in [9.17, 15) is 9.59 Å². The molecule has 0 bridgehead atoms. The number of hydrogen-bond acceptors (Lipinski definition) is 4. The van der Waals surface area contributed by atoms with Crippen LogP contribution in [0.15, 0.2) is 53.3 Å². The monoisotopic (exact) mass is 379 g/mol. The van der Waals surface area contributed by atoms with Crippen LogP contribution in [-0.4, -0.2) is 29.8 Å². The first-order valence-corrected chi connectivity index (χ1v) is 9.49. The predicted molar refractivity (Wildman–Crippen MR) is 111 cm³/mol. The molecule has 0 N–H and O–H groups in total. The van der Waals surface area contributed by atoms with E-state index in [1.807, 2.05) is 24.3 Å².